The second-order valence-corrected chi connectivity index (χ2v) is 5.01. The standard InChI is InChI=1S/C14H23N3O/c1-18-11-8-10-4-2-5-12(14(10)17-9-11)13(16)6-3-7-15/h8-9,12-13H,2-7,15-16H2,1H3. The summed E-state index contributed by atoms with van der Waals surface area (Å²) in [6.07, 6.45) is 7.17. The van der Waals surface area contributed by atoms with Crippen LogP contribution in [-0.2, 0) is 6.42 Å². The highest BCUT2D eigenvalue weighted by Gasteiger charge is 2.26. The Balaban J connectivity index is 2.17. The highest BCUT2D eigenvalue weighted by atomic mass is 16.5. The molecule has 1 heterocycles. The SMILES string of the molecule is COc1cnc2c(c1)CCCC2C(N)CCCN. The van der Waals surface area contributed by atoms with Gasteiger partial charge in [0.1, 0.15) is 5.75 Å². The van der Waals surface area contributed by atoms with E-state index < -0.39 is 0 Å². The fraction of sp³-hybridized carbons (Fsp3) is 0.643. The van der Waals surface area contributed by atoms with Gasteiger partial charge in [0.15, 0.2) is 0 Å². The van der Waals surface area contributed by atoms with Gasteiger partial charge in [-0.25, -0.2) is 0 Å². The summed E-state index contributed by atoms with van der Waals surface area (Å²) >= 11 is 0. The van der Waals surface area contributed by atoms with Crippen LogP contribution in [0.25, 0.3) is 0 Å². The van der Waals surface area contributed by atoms with Crippen molar-refractivity contribution in [3.05, 3.63) is 23.5 Å². The summed E-state index contributed by atoms with van der Waals surface area (Å²) in [5.41, 5.74) is 14.3. The van der Waals surface area contributed by atoms with E-state index in [-0.39, 0.29) is 6.04 Å². The summed E-state index contributed by atoms with van der Waals surface area (Å²) in [5.74, 6) is 1.22. The molecule has 1 aromatic heterocycles. The van der Waals surface area contributed by atoms with E-state index in [2.05, 4.69) is 11.1 Å². The van der Waals surface area contributed by atoms with E-state index in [1.807, 2.05) is 0 Å². The van der Waals surface area contributed by atoms with Gasteiger partial charge < -0.3 is 16.2 Å². The average Bonchev–Trinajstić information content (AvgIpc) is 2.43. The minimum atomic E-state index is 0.175. The monoisotopic (exact) mass is 249 g/mol. The van der Waals surface area contributed by atoms with Crippen molar-refractivity contribution in [2.24, 2.45) is 11.5 Å². The molecule has 4 heteroatoms. The largest absolute Gasteiger partial charge is 0.495 e. The van der Waals surface area contributed by atoms with Gasteiger partial charge in [0.05, 0.1) is 13.3 Å². The number of hydrogen-bond acceptors (Lipinski definition) is 4. The number of methoxy groups -OCH3 is 1. The van der Waals surface area contributed by atoms with Crippen LogP contribution in [0.4, 0.5) is 0 Å². The Kier molecular flexibility index (Phi) is 4.55. The quantitative estimate of drug-likeness (QED) is 0.830. The van der Waals surface area contributed by atoms with Crippen molar-refractivity contribution in [1.29, 1.82) is 0 Å². The number of aryl methyl sites for hydroxylation is 1. The molecular weight excluding hydrogens is 226 g/mol. The molecule has 0 saturated heterocycles. The van der Waals surface area contributed by atoms with Crippen molar-refractivity contribution in [2.75, 3.05) is 13.7 Å². The first-order valence-electron chi connectivity index (χ1n) is 6.74. The molecule has 4 nitrogen and oxygen atoms in total. The highest BCUT2D eigenvalue weighted by Crippen LogP contribution is 2.34. The predicted octanol–water partition coefficient (Wildman–Crippen LogP) is 1.58. The molecule has 2 atom stereocenters. The van der Waals surface area contributed by atoms with Crippen molar-refractivity contribution < 1.29 is 4.74 Å². The first kappa shape index (κ1) is 13.3. The molecule has 1 aliphatic carbocycles. The maximum absolute atomic E-state index is 6.29. The molecule has 100 valence electrons. The van der Waals surface area contributed by atoms with Crippen LogP contribution in [-0.4, -0.2) is 24.7 Å². The normalized spacial score (nSPS) is 20.3. The summed E-state index contributed by atoms with van der Waals surface area (Å²) in [5, 5.41) is 0. The lowest BCUT2D eigenvalue weighted by atomic mass is 9.81. The van der Waals surface area contributed by atoms with Gasteiger partial charge in [-0.2, -0.15) is 0 Å². The minimum Gasteiger partial charge on any atom is -0.495 e. The lowest BCUT2D eigenvalue weighted by molar-refractivity contribution is 0.401. The molecule has 2 rings (SSSR count). The maximum Gasteiger partial charge on any atom is 0.137 e. The zero-order chi connectivity index (χ0) is 13.0. The van der Waals surface area contributed by atoms with Crippen LogP contribution in [0.2, 0.25) is 0 Å². The van der Waals surface area contributed by atoms with E-state index in [1.54, 1.807) is 13.3 Å². The second kappa shape index (κ2) is 6.16. The Hall–Kier alpha value is -1.13. The van der Waals surface area contributed by atoms with E-state index in [0.717, 1.165) is 31.4 Å². The molecule has 0 amide bonds. The molecule has 0 aliphatic heterocycles. The van der Waals surface area contributed by atoms with E-state index in [9.17, 15) is 0 Å². The smallest absolute Gasteiger partial charge is 0.137 e. The molecule has 0 aromatic carbocycles. The molecule has 1 aromatic rings. The Morgan fingerprint density at radius 1 is 1.56 bits per heavy atom. The van der Waals surface area contributed by atoms with E-state index in [0.29, 0.717) is 12.5 Å². The summed E-state index contributed by atoms with van der Waals surface area (Å²) < 4.78 is 5.23. The fourth-order valence-electron chi connectivity index (χ4n) is 2.77. The Labute approximate surface area is 109 Å². The first-order chi connectivity index (χ1) is 8.76. The van der Waals surface area contributed by atoms with Gasteiger partial charge in [0.2, 0.25) is 0 Å². The molecule has 0 bridgehead atoms. The van der Waals surface area contributed by atoms with E-state index in [4.69, 9.17) is 16.2 Å². The molecule has 1 aliphatic rings. The number of rotatable bonds is 5. The minimum absolute atomic E-state index is 0.175. The number of hydrogen-bond donors (Lipinski definition) is 2. The number of fused-ring (bicyclic) bond motifs is 1. The third kappa shape index (κ3) is 2.82. The van der Waals surface area contributed by atoms with Crippen LogP contribution in [0.3, 0.4) is 0 Å². The van der Waals surface area contributed by atoms with Crippen LogP contribution < -0.4 is 16.2 Å². The third-order valence-corrected chi connectivity index (χ3v) is 3.78. The zero-order valence-electron chi connectivity index (χ0n) is 11.1. The Bertz CT molecular complexity index is 395. The van der Waals surface area contributed by atoms with Crippen molar-refractivity contribution in [1.82, 2.24) is 4.98 Å². The summed E-state index contributed by atoms with van der Waals surface area (Å²) in [6.45, 7) is 0.712. The van der Waals surface area contributed by atoms with Gasteiger partial charge in [0.25, 0.3) is 0 Å². The van der Waals surface area contributed by atoms with E-state index in [1.165, 1.54) is 17.7 Å². The summed E-state index contributed by atoms with van der Waals surface area (Å²) in [7, 11) is 1.68. The number of nitrogens with zero attached hydrogens (tertiary/aromatic N) is 1. The van der Waals surface area contributed by atoms with Crippen molar-refractivity contribution in [3.63, 3.8) is 0 Å². The maximum atomic E-state index is 6.29. The second-order valence-electron chi connectivity index (χ2n) is 5.01. The van der Waals surface area contributed by atoms with Crippen LogP contribution in [0.5, 0.6) is 5.75 Å². The number of ether oxygens (including phenoxy) is 1. The van der Waals surface area contributed by atoms with Crippen LogP contribution in [0.1, 0.15) is 42.9 Å². The predicted molar refractivity (Wildman–Crippen MR) is 72.7 cm³/mol. The highest BCUT2D eigenvalue weighted by molar-refractivity contribution is 5.34. The zero-order valence-corrected chi connectivity index (χ0v) is 11.1. The van der Waals surface area contributed by atoms with Gasteiger partial charge in [-0.1, -0.05) is 0 Å². The van der Waals surface area contributed by atoms with Crippen LogP contribution >= 0.6 is 0 Å². The van der Waals surface area contributed by atoms with Gasteiger partial charge in [-0.05, 0) is 50.3 Å². The van der Waals surface area contributed by atoms with Gasteiger partial charge in [0, 0.05) is 17.7 Å². The fourth-order valence-corrected chi connectivity index (χ4v) is 2.77. The van der Waals surface area contributed by atoms with E-state index >= 15 is 0 Å². The average molecular weight is 249 g/mol. The number of pyridine rings is 1. The van der Waals surface area contributed by atoms with Crippen molar-refractivity contribution >= 4 is 0 Å². The lowest BCUT2D eigenvalue weighted by Gasteiger charge is -2.29. The van der Waals surface area contributed by atoms with Gasteiger partial charge in [-0.3, -0.25) is 4.98 Å². The molecule has 0 spiro atoms. The van der Waals surface area contributed by atoms with Crippen LogP contribution in [0, 0.1) is 0 Å². The molecule has 4 N–H and O–H groups in total. The molecule has 0 fully saturated rings. The van der Waals surface area contributed by atoms with Crippen molar-refractivity contribution in [2.45, 2.75) is 44.1 Å². The van der Waals surface area contributed by atoms with Gasteiger partial charge in [-0.15, -0.1) is 0 Å². The van der Waals surface area contributed by atoms with Crippen molar-refractivity contribution in [3.8, 4) is 5.75 Å². The number of nitrogens with two attached hydrogens (primary N) is 2. The molecule has 18 heavy (non-hydrogen) atoms. The summed E-state index contributed by atoms with van der Waals surface area (Å²) in [6, 6.07) is 2.28. The Morgan fingerprint density at radius 3 is 3.11 bits per heavy atom. The molecule has 0 radical (unpaired) electrons. The van der Waals surface area contributed by atoms with Crippen LogP contribution in [0.15, 0.2) is 12.3 Å². The Morgan fingerprint density at radius 2 is 2.39 bits per heavy atom. The number of aromatic nitrogens is 1. The lowest BCUT2D eigenvalue weighted by Crippen LogP contribution is -2.32. The summed E-state index contributed by atoms with van der Waals surface area (Å²) in [4.78, 5) is 4.56. The molecule has 0 saturated carbocycles. The first-order valence-corrected chi connectivity index (χ1v) is 6.74. The van der Waals surface area contributed by atoms with Gasteiger partial charge >= 0.3 is 0 Å². The molecular formula is C14H23N3O. The molecule has 2 unspecified atom stereocenters. The third-order valence-electron chi connectivity index (χ3n) is 3.78. The topological polar surface area (TPSA) is 74.2 Å².